The number of aryl methyl sites for hydroxylation is 2. The van der Waals surface area contributed by atoms with E-state index in [-0.39, 0.29) is 5.78 Å². The zero-order chi connectivity index (χ0) is 27.7. The Balaban J connectivity index is 1.60. The number of nitriles is 1. The first-order valence-corrected chi connectivity index (χ1v) is 13.3. The predicted octanol–water partition coefficient (Wildman–Crippen LogP) is 6.85. The maximum atomic E-state index is 13.5. The van der Waals surface area contributed by atoms with Crippen molar-refractivity contribution in [1.29, 1.82) is 5.26 Å². The third-order valence-electron chi connectivity index (χ3n) is 7.47. The molecule has 198 valence electrons. The average Bonchev–Trinajstić information content (AvgIpc) is 2.92. The van der Waals surface area contributed by atoms with Crippen LogP contribution >= 0.6 is 11.6 Å². The quantitative estimate of drug-likeness (QED) is 0.368. The fraction of sp³-hybridized carbons (Fsp3) is 0.250. The van der Waals surface area contributed by atoms with Crippen LogP contribution in [0.15, 0.2) is 83.3 Å². The number of anilines is 1. The van der Waals surface area contributed by atoms with Crippen LogP contribution in [0.3, 0.4) is 0 Å². The minimum Gasteiger partial charge on any atom is -0.497 e. The molecule has 0 fully saturated rings. The van der Waals surface area contributed by atoms with Crippen molar-refractivity contribution in [2.45, 2.75) is 45.6 Å². The highest BCUT2D eigenvalue weighted by molar-refractivity contribution is 6.30. The van der Waals surface area contributed by atoms with Gasteiger partial charge in [0.2, 0.25) is 0 Å². The maximum Gasteiger partial charge on any atom is 0.161 e. The van der Waals surface area contributed by atoms with Gasteiger partial charge in [0.05, 0.1) is 24.7 Å². The molecule has 1 aliphatic carbocycles. The van der Waals surface area contributed by atoms with Crippen molar-refractivity contribution >= 4 is 23.1 Å². The summed E-state index contributed by atoms with van der Waals surface area (Å²) in [4.78, 5) is 15.4. The fourth-order valence-corrected chi connectivity index (χ4v) is 5.71. The number of carbonyl (C=O) groups is 1. The molecule has 1 aliphatic heterocycles. The summed E-state index contributed by atoms with van der Waals surface area (Å²) in [5.74, 6) is 1.31. The molecule has 3 aromatic carbocycles. The van der Waals surface area contributed by atoms with E-state index < -0.39 is 5.92 Å². The smallest absolute Gasteiger partial charge is 0.161 e. The lowest BCUT2D eigenvalue weighted by atomic mass is 9.74. The van der Waals surface area contributed by atoms with Gasteiger partial charge in [0.1, 0.15) is 23.9 Å². The Morgan fingerprint density at radius 1 is 1.05 bits per heavy atom. The van der Waals surface area contributed by atoms with Crippen LogP contribution in [0.4, 0.5) is 5.69 Å². The average molecular weight is 540 g/mol. The van der Waals surface area contributed by atoms with Crippen molar-refractivity contribution in [2.24, 2.45) is 5.73 Å². The van der Waals surface area contributed by atoms with Crippen molar-refractivity contribution < 1.29 is 14.3 Å². The molecule has 7 heteroatoms. The summed E-state index contributed by atoms with van der Waals surface area (Å²) in [6.45, 7) is 4.39. The Kier molecular flexibility index (Phi) is 7.36. The number of ketones is 1. The molecule has 0 saturated carbocycles. The van der Waals surface area contributed by atoms with Gasteiger partial charge >= 0.3 is 0 Å². The van der Waals surface area contributed by atoms with E-state index in [4.69, 9.17) is 26.8 Å². The molecule has 2 N–H and O–H groups in total. The number of allylic oxidation sites excluding steroid dienone is 3. The first-order valence-electron chi connectivity index (χ1n) is 12.9. The third-order valence-corrected chi connectivity index (χ3v) is 7.70. The van der Waals surface area contributed by atoms with E-state index in [9.17, 15) is 10.1 Å². The van der Waals surface area contributed by atoms with E-state index in [1.807, 2.05) is 55.1 Å². The second kappa shape index (κ2) is 10.9. The number of hydrogen-bond acceptors (Lipinski definition) is 6. The molecule has 0 bridgehead atoms. The summed E-state index contributed by atoms with van der Waals surface area (Å²) in [6.07, 6.45) is 1.85. The van der Waals surface area contributed by atoms with Crippen LogP contribution in [0.1, 0.15) is 47.4 Å². The highest BCUT2D eigenvalue weighted by Gasteiger charge is 2.41. The van der Waals surface area contributed by atoms with Crippen LogP contribution in [-0.4, -0.2) is 12.9 Å². The summed E-state index contributed by atoms with van der Waals surface area (Å²) in [7, 11) is 1.63. The van der Waals surface area contributed by atoms with Crippen LogP contribution in [0, 0.1) is 25.2 Å². The topological polar surface area (TPSA) is 88.6 Å². The maximum absolute atomic E-state index is 13.5. The van der Waals surface area contributed by atoms with Gasteiger partial charge < -0.3 is 15.2 Å². The number of nitrogens with zero attached hydrogens (tertiary/aromatic N) is 2. The van der Waals surface area contributed by atoms with Gasteiger partial charge in [0.25, 0.3) is 0 Å². The van der Waals surface area contributed by atoms with Gasteiger partial charge in [0.15, 0.2) is 5.78 Å². The normalized spacial score (nSPS) is 17.2. The molecule has 0 amide bonds. The molecule has 39 heavy (non-hydrogen) atoms. The molecule has 6 nitrogen and oxygen atoms in total. The van der Waals surface area contributed by atoms with Gasteiger partial charge in [-0.05, 0) is 91.4 Å². The van der Waals surface area contributed by atoms with Gasteiger partial charge in [-0.2, -0.15) is 5.26 Å². The summed E-state index contributed by atoms with van der Waals surface area (Å²) in [5.41, 5.74) is 13.2. The molecule has 0 aromatic heterocycles. The number of methoxy groups -OCH3 is 1. The van der Waals surface area contributed by atoms with Gasteiger partial charge in [-0.3, -0.25) is 9.69 Å². The Morgan fingerprint density at radius 2 is 1.79 bits per heavy atom. The minimum atomic E-state index is -0.548. The Hall–Kier alpha value is -4.21. The van der Waals surface area contributed by atoms with Gasteiger partial charge in [-0.15, -0.1) is 0 Å². The summed E-state index contributed by atoms with van der Waals surface area (Å²) in [5, 5.41) is 10.9. The molecule has 0 saturated heterocycles. The second-order valence-electron chi connectivity index (χ2n) is 9.90. The van der Waals surface area contributed by atoms with Crippen molar-refractivity contribution in [2.75, 3.05) is 12.0 Å². The number of nitrogens with two attached hydrogens (primary N) is 1. The number of carbonyl (C=O) groups excluding carboxylic acids is 1. The Bertz CT molecular complexity index is 1550. The molecule has 2 aliphatic rings. The molecule has 3 aromatic rings. The number of rotatable bonds is 6. The molecule has 1 unspecified atom stereocenters. The zero-order valence-electron chi connectivity index (χ0n) is 22.3. The number of benzene rings is 3. The highest BCUT2D eigenvalue weighted by atomic mass is 35.5. The van der Waals surface area contributed by atoms with Crippen molar-refractivity contribution in [3.8, 4) is 17.6 Å². The molecule has 1 heterocycles. The second-order valence-corrected chi connectivity index (χ2v) is 10.3. The lowest BCUT2D eigenvalue weighted by Gasteiger charge is -2.40. The summed E-state index contributed by atoms with van der Waals surface area (Å²) >= 11 is 6.30. The predicted molar refractivity (Wildman–Crippen MR) is 153 cm³/mol. The number of Topliss-reactive ketones (excluding diaryl/α,β-unsaturated/α-hetero) is 1. The molecule has 0 radical (unpaired) electrons. The minimum absolute atomic E-state index is 0.0459. The largest absolute Gasteiger partial charge is 0.497 e. The van der Waals surface area contributed by atoms with Crippen molar-refractivity contribution in [3.63, 3.8) is 0 Å². The Morgan fingerprint density at radius 3 is 2.49 bits per heavy atom. The van der Waals surface area contributed by atoms with E-state index in [2.05, 4.69) is 18.2 Å². The van der Waals surface area contributed by atoms with Crippen molar-refractivity contribution in [1.82, 2.24) is 0 Å². The Labute approximate surface area is 233 Å². The first kappa shape index (κ1) is 26.4. The van der Waals surface area contributed by atoms with Gasteiger partial charge in [-0.25, -0.2) is 0 Å². The SMILES string of the molecule is COc1ccc(OCc2cc(C3C(C#N)=C(N)N(c4cccc(Cl)c4)C4=C3C(=O)CCC4)c(C)cc2C)cc1. The highest BCUT2D eigenvalue weighted by Crippen LogP contribution is 2.47. The van der Waals surface area contributed by atoms with Crippen LogP contribution in [-0.2, 0) is 11.4 Å². The van der Waals surface area contributed by atoms with Crippen LogP contribution < -0.4 is 20.1 Å². The molecular formula is C32H30ClN3O3. The van der Waals surface area contributed by atoms with E-state index in [1.54, 1.807) is 19.2 Å². The first-order chi connectivity index (χ1) is 18.8. The van der Waals surface area contributed by atoms with E-state index in [0.717, 1.165) is 51.6 Å². The van der Waals surface area contributed by atoms with Gasteiger partial charge in [0, 0.05) is 28.4 Å². The van der Waals surface area contributed by atoms with Crippen LogP contribution in [0.2, 0.25) is 5.02 Å². The zero-order valence-corrected chi connectivity index (χ0v) is 23.0. The van der Waals surface area contributed by atoms with E-state index >= 15 is 0 Å². The number of ether oxygens (including phenoxy) is 2. The van der Waals surface area contributed by atoms with E-state index in [1.165, 1.54) is 0 Å². The van der Waals surface area contributed by atoms with Crippen molar-refractivity contribution in [3.05, 3.63) is 111 Å². The third kappa shape index (κ3) is 4.98. The standard InChI is InChI=1S/C32H30ClN3O3/c1-19-14-20(2)26(15-21(19)18-39-25-12-10-24(38-3)11-13-25)30-27(17-34)32(35)36(23-7-4-6-22(33)16-23)28-8-5-9-29(37)31(28)30/h4,6-7,10-16,30H,5,8-9,18,35H2,1-3H3. The summed E-state index contributed by atoms with van der Waals surface area (Å²) in [6, 6.07) is 21.3. The molecule has 0 spiro atoms. The summed E-state index contributed by atoms with van der Waals surface area (Å²) < 4.78 is 11.3. The van der Waals surface area contributed by atoms with Crippen LogP contribution in [0.5, 0.6) is 11.5 Å². The number of hydrogen-bond donors (Lipinski definition) is 1. The monoisotopic (exact) mass is 539 g/mol. The van der Waals surface area contributed by atoms with Crippen LogP contribution in [0.25, 0.3) is 0 Å². The van der Waals surface area contributed by atoms with E-state index in [0.29, 0.717) is 41.4 Å². The molecular weight excluding hydrogens is 510 g/mol. The number of halogens is 1. The lowest BCUT2D eigenvalue weighted by Crippen LogP contribution is -2.39. The molecule has 1 atom stereocenters. The fourth-order valence-electron chi connectivity index (χ4n) is 5.52. The molecule has 5 rings (SSSR count). The van der Waals surface area contributed by atoms with Gasteiger partial charge in [-0.1, -0.05) is 29.8 Å². The lowest BCUT2D eigenvalue weighted by molar-refractivity contribution is -0.116.